The SMILES string of the molecule is CCc1ccsc1C(=O)C=C(C)C. The molecule has 2 heteroatoms. The zero-order chi connectivity index (χ0) is 9.84. The molecule has 0 unspecified atom stereocenters. The lowest BCUT2D eigenvalue weighted by molar-refractivity contribution is 0.104. The van der Waals surface area contributed by atoms with Crippen molar-refractivity contribution in [2.75, 3.05) is 0 Å². The molecule has 0 saturated carbocycles. The topological polar surface area (TPSA) is 17.1 Å². The number of allylic oxidation sites excluding steroid dienone is 2. The van der Waals surface area contributed by atoms with Gasteiger partial charge in [-0.3, -0.25) is 4.79 Å². The van der Waals surface area contributed by atoms with E-state index in [0.29, 0.717) is 0 Å². The van der Waals surface area contributed by atoms with Gasteiger partial charge in [0.15, 0.2) is 5.78 Å². The van der Waals surface area contributed by atoms with Crippen molar-refractivity contribution in [3.05, 3.63) is 33.5 Å². The zero-order valence-electron chi connectivity index (χ0n) is 8.26. The van der Waals surface area contributed by atoms with Crippen molar-refractivity contribution >= 4 is 17.1 Å². The Balaban J connectivity index is 2.95. The van der Waals surface area contributed by atoms with E-state index in [-0.39, 0.29) is 5.78 Å². The molecule has 0 aliphatic heterocycles. The Bertz CT molecular complexity index is 330. The fourth-order valence-electron chi connectivity index (χ4n) is 1.16. The molecule has 0 radical (unpaired) electrons. The van der Waals surface area contributed by atoms with Gasteiger partial charge in [0.25, 0.3) is 0 Å². The first-order valence-corrected chi connectivity index (χ1v) is 5.28. The standard InChI is InChI=1S/C11H14OS/c1-4-9-5-6-13-11(9)10(12)7-8(2)3/h5-7H,4H2,1-3H3. The monoisotopic (exact) mass is 194 g/mol. The first kappa shape index (κ1) is 10.2. The first-order chi connectivity index (χ1) is 6.15. The van der Waals surface area contributed by atoms with Gasteiger partial charge in [-0.1, -0.05) is 12.5 Å². The van der Waals surface area contributed by atoms with Gasteiger partial charge >= 0.3 is 0 Å². The normalized spacial score (nSPS) is 9.77. The molecular weight excluding hydrogens is 180 g/mol. The molecule has 1 aromatic rings. The van der Waals surface area contributed by atoms with Gasteiger partial charge in [0, 0.05) is 0 Å². The molecule has 0 aliphatic carbocycles. The van der Waals surface area contributed by atoms with Crippen LogP contribution in [-0.2, 0) is 6.42 Å². The van der Waals surface area contributed by atoms with Crippen molar-refractivity contribution in [2.24, 2.45) is 0 Å². The summed E-state index contributed by atoms with van der Waals surface area (Å²) in [6.07, 6.45) is 2.63. The molecule has 0 aromatic carbocycles. The maximum Gasteiger partial charge on any atom is 0.195 e. The Morgan fingerprint density at radius 1 is 1.54 bits per heavy atom. The molecule has 0 N–H and O–H groups in total. The highest BCUT2D eigenvalue weighted by atomic mass is 32.1. The van der Waals surface area contributed by atoms with E-state index in [0.717, 1.165) is 22.4 Å². The number of hydrogen-bond acceptors (Lipinski definition) is 2. The molecule has 1 aromatic heterocycles. The maximum atomic E-state index is 11.6. The highest BCUT2D eigenvalue weighted by molar-refractivity contribution is 7.12. The highest BCUT2D eigenvalue weighted by Gasteiger charge is 2.08. The molecule has 70 valence electrons. The molecule has 0 fully saturated rings. The van der Waals surface area contributed by atoms with Crippen molar-refractivity contribution in [3.8, 4) is 0 Å². The zero-order valence-corrected chi connectivity index (χ0v) is 9.07. The van der Waals surface area contributed by atoms with E-state index in [2.05, 4.69) is 6.92 Å². The van der Waals surface area contributed by atoms with Crippen LogP contribution in [0.1, 0.15) is 36.0 Å². The number of hydrogen-bond donors (Lipinski definition) is 0. The summed E-state index contributed by atoms with van der Waals surface area (Å²) in [6, 6.07) is 2.02. The Kier molecular flexibility index (Phi) is 3.43. The van der Waals surface area contributed by atoms with Crippen molar-refractivity contribution in [2.45, 2.75) is 27.2 Å². The van der Waals surface area contributed by atoms with Crippen LogP contribution in [-0.4, -0.2) is 5.78 Å². The van der Waals surface area contributed by atoms with Crippen molar-refractivity contribution in [1.82, 2.24) is 0 Å². The minimum atomic E-state index is 0.145. The van der Waals surface area contributed by atoms with E-state index >= 15 is 0 Å². The van der Waals surface area contributed by atoms with Crippen molar-refractivity contribution in [1.29, 1.82) is 0 Å². The Morgan fingerprint density at radius 2 is 2.23 bits per heavy atom. The summed E-state index contributed by atoms with van der Waals surface area (Å²) in [4.78, 5) is 12.5. The average Bonchev–Trinajstić information content (AvgIpc) is 2.49. The summed E-state index contributed by atoms with van der Waals surface area (Å²) in [7, 11) is 0. The Labute approximate surface area is 83.1 Å². The van der Waals surface area contributed by atoms with Crippen LogP contribution in [0.4, 0.5) is 0 Å². The molecule has 0 spiro atoms. The summed E-state index contributed by atoms with van der Waals surface area (Å²) in [5.41, 5.74) is 2.22. The minimum absolute atomic E-state index is 0.145. The molecule has 13 heavy (non-hydrogen) atoms. The molecule has 0 bridgehead atoms. The summed E-state index contributed by atoms with van der Waals surface area (Å²) in [5, 5.41) is 1.98. The van der Waals surface area contributed by atoms with Gasteiger partial charge in [0.05, 0.1) is 4.88 Å². The summed E-state index contributed by atoms with van der Waals surface area (Å²) < 4.78 is 0. The molecule has 0 amide bonds. The average molecular weight is 194 g/mol. The first-order valence-electron chi connectivity index (χ1n) is 4.40. The number of carbonyl (C=O) groups is 1. The van der Waals surface area contributed by atoms with Crippen LogP contribution in [0.5, 0.6) is 0 Å². The summed E-state index contributed by atoms with van der Waals surface area (Å²) in [5.74, 6) is 0.145. The van der Waals surface area contributed by atoms with Gasteiger partial charge in [-0.05, 0) is 43.4 Å². The van der Waals surface area contributed by atoms with Crippen LogP contribution in [0.25, 0.3) is 0 Å². The van der Waals surface area contributed by atoms with Gasteiger partial charge < -0.3 is 0 Å². The number of rotatable bonds is 3. The van der Waals surface area contributed by atoms with Crippen LogP contribution >= 0.6 is 11.3 Å². The fraction of sp³-hybridized carbons (Fsp3) is 0.364. The minimum Gasteiger partial charge on any atom is -0.288 e. The second kappa shape index (κ2) is 4.38. The predicted molar refractivity (Wildman–Crippen MR) is 57.5 cm³/mol. The number of ketones is 1. The molecule has 1 nitrogen and oxygen atoms in total. The lowest BCUT2D eigenvalue weighted by atomic mass is 10.1. The smallest absolute Gasteiger partial charge is 0.195 e. The van der Waals surface area contributed by atoms with E-state index in [9.17, 15) is 4.79 Å². The molecule has 0 aliphatic rings. The lowest BCUT2D eigenvalue weighted by Gasteiger charge is -1.96. The fourth-order valence-corrected chi connectivity index (χ4v) is 2.07. The van der Waals surface area contributed by atoms with E-state index in [1.54, 1.807) is 6.08 Å². The number of thiophene rings is 1. The largest absolute Gasteiger partial charge is 0.288 e. The Hall–Kier alpha value is -0.890. The predicted octanol–water partition coefficient (Wildman–Crippen LogP) is 3.46. The number of carbonyl (C=O) groups excluding carboxylic acids is 1. The maximum absolute atomic E-state index is 11.6. The molecule has 0 saturated heterocycles. The quantitative estimate of drug-likeness (QED) is 0.532. The third kappa shape index (κ3) is 2.52. The highest BCUT2D eigenvalue weighted by Crippen LogP contribution is 2.18. The van der Waals surface area contributed by atoms with Crippen LogP contribution in [0.15, 0.2) is 23.1 Å². The van der Waals surface area contributed by atoms with Gasteiger partial charge in [-0.15, -0.1) is 11.3 Å². The van der Waals surface area contributed by atoms with E-state index < -0.39 is 0 Å². The molecule has 0 atom stereocenters. The van der Waals surface area contributed by atoms with Gasteiger partial charge in [-0.2, -0.15) is 0 Å². The van der Waals surface area contributed by atoms with E-state index in [1.165, 1.54) is 11.3 Å². The number of aryl methyl sites for hydroxylation is 1. The second-order valence-corrected chi connectivity index (χ2v) is 4.13. The van der Waals surface area contributed by atoms with E-state index in [4.69, 9.17) is 0 Å². The van der Waals surface area contributed by atoms with Crippen molar-refractivity contribution < 1.29 is 4.79 Å². The van der Waals surface area contributed by atoms with Gasteiger partial charge in [-0.25, -0.2) is 0 Å². The van der Waals surface area contributed by atoms with Crippen LogP contribution < -0.4 is 0 Å². The summed E-state index contributed by atoms with van der Waals surface area (Å²) >= 11 is 1.53. The lowest BCUT2D eigenvalue weighted by Crippen LogP contribution is -1.95. The van der Waals surface area contributed by atoms with Crippen LogP contribution in [0.2, 0.25) is 0 Å². The van der Waals surface area contributed by atoms with Gasteiger partial charge in [0.1, 0.15) is 0 Å². The Morgan fingerprint density at radius 3 is 2.77 bits per heavy atom. The molecular formula is C11H14OS. The molecule has 1 heterocycles. The van der Waals surface area contributed by atoms with Crippen LogP contribution in [0, 0.1) is 0 Å². The molecule has 1 rings (SSSR count). The van der Waals surface area contributed by atoms with Crippen LogP contribution in [0.3, 0.4) is 0 Å². The van der Waals surface area contributed by atoms with Gasteiger partial charge in [0.2, 0.25) is 0 Å². The van der Waals surface area contributed by atoms with Crippen molar-refractivity contribution in [3.63, 3.8) is 0 Å². The summed E-state index contributed by atoms with van der Waals surface area (Å²) in [6.45, 7) is 5.95. The van der Waals surface area contributed by atoms with E-state index in [1.807, 2.05) is 25.3 Å². The second-order valence-electron chi connectivity index (χ2n) is 3.21. The third-order valence-electron chi connectivity index (χ3n) is 1.77. The third-order valence-corrected chi connectivity index (χ3v) is 2.74.